The zero-order valence-electron chi connectivity index (χ0n) is 13.4. The SMILES string of the molecule is CN1NC(=O)C(CC(=O)N2CCN(c3ccccc3F)CC2)C1=O. The molecule has 24 heavy (non-hydrogen) atoms. The Morgan fingerprint density at radius 2 is 1.88 bits per heavy atom. The fraction of sp³-hybridized carbons (Fsp3) is 0.438. The maximum atomic E-state index is 13.8. The van der Waals surface area contributed by atoms with Crippen molar-refractivity contribution in [2.24, 2.45) is 5.92 Å². The quantitative estimate of drug-likeness (QED) is 0.789. The summed E-state index contributed by atoms with van der Waals surface area (Å²) >= 11 is 0. The van der Waals surface area contributed by atoms with Gasteiger partial charge in [0, 0.05) is 39.6 Å². The first kappa shape index (κ1) is 16.2. The molecule has 128 valence electrons. The van der Waals surface area contributed by atoms with Gasteiger partial charge in [-0.3, -0.25) is 24.8 Å². The van der Waals surface area contributed by atoms with E-state index in [1.807, 2.05) is 4.90 Å². The van der Waals surface area contributed by atoms with Gasteiger partial charge in [-0.25, -0.2) is 4.39 Å². The van der Waals surface area contributed by atoms with Crippen molar-refractivity contribution in [3.63, 3.8) is 0 Å². The summed E-state index contributed by atoms with van der Waals surface area (Å²) in [5.74, 6) is -2.30. The van der Waals surface area contributed by atoms with Crippen molar-refractivity contribution in [1.82, 2.24) is 15.3 Å². The molecule has 2 fully saturated rings. The van der Waals surface area contributed by atoms with Gasteiger partial charge in [-0.2, -0.15) is 0 Å². The van der Waals surface area contributed by atoms with E-state index in [0.717, 1.165) is 5.01 Å². The number of para-hydroxylation sites is 1. The Labute approximate surface area is 139 Å². The molecule has 2 aliphatic rings. The van der Waals surface area contributed by atoms with Gasteiger partial charge in [-0.05, 0) is 12.1 Å². The minimum Gasteiger partial charge on any atom is -0.366 e. The van der Waals surface area contributed by atoms with Crippen molar-refractivity contribution in [3.8, 4) is 0 Å². The molecule has 3 amide bonds. The number of piperazine rings is 1. The molecule has 2 aliphatic heterocycles. The zero-order valence-corrected chi connectivity index (χ0v) is 13.4. The predicted molar refractivity (Wildman–Crippen MR) is 84.2 cm³/mol. The molecule has 0 aromatic heterocycles. The Bertz CT molecular complexity index is 673. The molecular formula is C16H19FN4O3. The van der Waals surface area contributed by atoms with Crippen molar-refractivity contribution in [2.75, 3.05) is 38.1 Å². The third-order valence-electron chi connectivity index (χ3n) is 4.43. The highest BCUT2D eigenvalue weighted by molar-refractivity contribution is 6.07. The van der Waals surface area contributed by atoms with Crippen LogP contribution in [0.3, 0.4) is 0 Å². The normalized spacial score (nSPS) is 21.2. The number of carbonyl (C=O) groups is 3. The second-order valence-corrected chi connectivity index (χ2v) is 5.95. The van der Waals surface area contributed by atoms with Gasteiger partial charge in [0.25, 0.3) is 11.8 Å². The second kappa shape index (κ2) is 6.46. The third-order valence-corrected chi connectivity index (χ3v) is 4.43. The summed E-state index contributed by atoms with van der Waals surface area (Å²) in [6.45, 7) is 1.89. The molecule has 0 saturated carbocycles. The molecule has 1 aromatic rings. The highest BCUT2D eigenvalue weighted by Gasteiger charge is 2.39. The fourth-order valence-corrected chi connectivity index (χ4v) is 3.03. The van der Waals surface area contributed by atoms with E-state index >= 15 is 0 Å². The van der Waals surface area contributed by atoms with Crippen molar-refractivity contribution < 1.29 is 18.8 Å². The van der Waals surface area contributed by atoms with Crippen LogP contribution in [0, 0.1) is 11.7 Å². The summed E-state index contributed by atoms with van der Waals surface area (Å²) in [7, 11) is 1.46. The molecule has 8 heteroatoms. The van der Waals surface area contributed by atoms with Crippen molar-refractivity contribution >= 4 is 23.4 Å². The Balaban J connectivity index is 1.57. The van der Waals surface area contributed by atoms with Crippen LogP contribution in [0.4, 0.5) is 10.1 Å². The topological polar surface area (TPSA) is 73.0 Å². The summed E-state index contributed by atoms with van der Waals surface area (Å²) in [5.41, 5.74) is 2.91. The summed E-state index contributed by atoms with van der Waals surface area (Å²) in [6, 6.07) is 6.54. The number of nitrogens with one attached hydrogen (secondary N) is 1. The van der Waals surface area contributed by atoms with Gasteiger partial charge in [0.1, 0.15) is 11.7 Å². The summed E-state index contributed by atoms with van der Waals surface area (Å²) in [6.07, 6.45) is -0.130. The van der Waals surface area contributed by atoms with Gasteiger partial charge in [-0.15, -0.1) is 0 Å². The lowest BCUT2D eigenvalue weighted by Crippen LogP contribution is -2.49. The van der Waals surface area contributed by atoms with Crippen LogP contribution in [0.5, 0.6) is 0 Å². The molecule has 0 bridgehead atoms. The van der Waals surface area contributed by atoms with Crippen LogP contribution in [0.25, 0.3) is 0 Å². The Kier molecular flexibility index (Phi) is 4.37. The maximum absolute atomic E-state index is 13.8. The van der Waals surface area contributed by atoms with Gasteiger partial charge in [0.2, 0.25) is 5.91 Å². The van der Waals surface area contributed by atoms with Crippen LogP contribution in [0.1, 0.15) is 6.42 Å². The van der Waals surface area contributed by atoms with Crippen molar-refractivity contribution in [3.05, 3.63) is 30.1 Å². The minimum absolute atomic E-state index is 0.130. The molecule has 1 atom stereocenters. The van der Waals surface area contributed by atoms with Crippen LogP contribution in [0.15, 0.2) is 24.3 Å². The number of rotatable bonds is 3. The predicted octanol–water partition coefficient (Wildman–Crippen LogP) is -0.0162. The van der Waals surface area contributed by atoms with E-state index in [1.165, 1.54) is 13.1 Å². The van der Waals surface area contributed by atoms with Crippen LogP contribution in [0.2, 0.25) is 0 Å². The van der Waals surface area contributed by atoms with Gasteiger partial charge >= 0.3 is 0 Å². The largest absolute Gasteiger partial charge is 0.366 e. The van der Waals surface area contributed by atoms with Crippen LogP contribution < -0.4 is 10.3 Å². The summed E-state index contributed by atoms with van der Waals surface area (Å²) < 4.78 is 13.8. The van der Waals surface area contributed by atoms with Gasteiger partial charge in [-0.1, -0.05) is 12.1 Å². The standard InChI is InChI=1S/C16H19FN4O3/c1-19-16(24)11(15(23)18-19)10-14(22)21-8-6-20(7-9-21)13-5-3-2-4-12(13)17/h2-5,11H,6-10H2,1H3,(H,18,23). The Morgan fingerprint density at radius 1 is 1.21 bits per heavy atom. The lowest BCUT2D eigenvalue weighted by Gasteiger charge is -2.36. The lowest BCUT2D eigenvalue weighted by molar-refractivity contribution is -0.139. The molecular weight excluding hydrogens is 315 g/mol. The van der Waals surface area contributed by atoms with E-state index in [0.29, 0.717) is 31.9 Å². The molecule has 0 spiro atoms. The highest BCUT2D eigenvalue weighted by Crippen LogP contribution is 2.21. The molecule has 1 N–H and O–H groups in total. The number of carbonyl (C=O) groups excluding carboxylic acids is 3. The Morgan fingerprint density at radius 3 is 2.46 bits per heavy atom. The summed E-state index contributed by atoms with van der Waals surface area (Å²) in [4.78, 5) is 39.4. The van der Waals surface area contributed by atoms with Crippen LogP contribution in [-0.2, 0) is 14.4 Å². The van der Waals surface area contributed by atoms with Crippen molar-refractivity contribution in [2.45, 2.75) is 6.42 Å². The lowest BCUT2D eigenvalue weighted by atomic mass is 10.0. The highest BCUT2D eigenvalue weighted by atomic mass is 19.1. The number of halogens is 1. The maximum Gasteiger partial charge on any atom is 0.253 e. The molecule has 1 unspecified atom stereocenters. The minimum atomic E-state index is -0.952. The molecule has 1 aromatic carbocycles. The monoisotopic (exact) mass is 334 g/mol. The molecule has 0 aliphatic carbocycles. The zero-order chi connectivity index (χ0) is 17.3. The molecule has 0 radical (unpaired) electrons. The number of anilines is 1. The number of hydrogen-bond acceptors (Lipinski definition) is 4. The van der Waals surface area contributed by atoms with E-state index in [-0.39, 0.29) is 18.1 Å². The van der Waals surface area contributed by atoms with E-state index < -0.39 is 17.7 Å². The van der Waals surface area contributed by atoms with Gasteiger partial charge in [0.05, 0.1) is 5.69 Å². The second-order valence-electron chi connectivity index (χ2n) is 5.95. The third kappa shape index (κ3) is 3.04. The molecule has 2 heterocycles. The van der Waals surface area contributed by atoms with Gasteiger partial charge in [0.15, 0.2) is 0 Å². The first-order valence-corrected chi connectivity index (χ1v) is 7.82. The average molecular weight is 334 g/mol. The first-order chi connectivity index (χ1) is 11.5. The molecule has 2 saturated heterocycles. The smallest absolute Gasteiger partial charge is 0.253 e. The number of hydrazine groups is 1. The fourth-order valence-electron chi connectivity index (χ4n) is 3.03. The summed E-state index contributed by atoms with van der Waals surface area (Å²) in [5, 5.41) is 1.11. The van der Waals surface area contributed by atoms with Crippen LogP contribution >= 0.6 is 0 Å². The van der Waals surface area contributed by atoms with Gasteiger partial charge < -0.3 is 9.80 Å². The number of benzene rings is 1. The Hall–Kier alpha value is -2.64. The van der Waals surface area contributed by atoms with E-state index in [9.17, 15) is 18.8 Å². The van der Waals surface area contributed by atoms with E-state index in [4.69, 9.17) is 0 Å². The van der Waals surface area contributed by atoms with Crippen molar-refractivity contribution in [1.29, 1.82) is 0 Å². The number of nitrogens with zero attached hydrogens (tertiary/aromatic N) is 3. The van der Waals surface area contributed by atoms with E-state index in [1.54, 1.807) is 23.1 Å². The molecule has 3 rings (SSSR count). The number of amides is 3. The van der Waals surface area contributed by atoms with Crippen LogP contribution in [-0.4, -0.2) is 60.9 Å². The number of hydrogen-bond donors (Lipinski definition) is 1. The average Bonchev–Trinajstić information content (AvgIpc) is 2.82. The van der Waals surface area contributed by atoms with E-state index in [2.05, 4.69) is 5.43 Å². The molecule has 7 nitrogen and oxygen atoms in total. The first-order valence-electron chi connectivity index (χ1n) is 7.82.